The van der Waals surface area contributed by atoms with E-state index in [-0.39, 0.29) is 37.5 Å². The van der Waals surface area contributed by atoms with Crippen LogP contribution in [0.2, 0.25) is 0 Å². The van der Waals surface area contributed by atoms with E-state index in [2.05, 4.69) is 39.3 Å². The van der Waals surface area contributed by atoms with Crippen LogP contribution in [0.4, 0.5) is 16.6 Å². The second kappa shape index (κ2) is 16.7. The molecule has 2 fully saturated rings. The second-order valence-corrected chi connectivity index (χ2v) is 15.5. The molecule has 15 nitrogen and oxygen atoms in total. The van der Waals surface area contributed by atoms with Crippen LogP contribution in [0.3, 0.4) is 0 Å². The highest BCUT2D eigenvalue weighted by Crippen LogP contribution is 2.34. The van der Waals surface area contributed by atoms with Gasteiger partial charge in [-0.15, -0.1) is 11.8 Å². The molecular weight excluding hydrogens is 677 g/mol. The van der Waals surface area contributed by atoms with Gasteiger partial charge in [0.15, 0.2) is 6.79 Å². The lowest BCUT2D eigenvalue weighted by Crippen LogP contribution is -2.56. The molecule has 51 heavy (non-hydrogen) atoms. The highest BCUT2D eigenvalue weighted by molar-refractivity contribution is 7.99. The van der Waals surface area contributed by atoms with Crippen molar-refractivity contribution in [1.29, 1.82) is 0 Å². The Morgan fingerprint density at radius 3 is 2.43 bits per heavy atom. The minimum absolute atomic E-state index is 0.00464. The zero-order valence-corrected chi connectivity index (χ0v) is 31.5. The third kappa shape index (κ3) is 10.1. The minimum Gasteiger partial charge on any atom is -0.468 e. The fraction of sp³-hybridized carbons (Fsp3) is 0.629. The maximum absolute atomic E-state index is 13.7. The number of benzene rings is 1. The Morgan fingerprint density at radius 2 is 1.78 bits per heavy atom. The number of piperazine rings is 1. The molecule has 2 saturated heterocycles. The van der Waals surface area contributed by atoms with Gasteiger partial charge in [-0.3, -0.25) is 19.4 Å². The van der Waals surface area contributed by atoms with Crippen molar-refractivity contribution in [2.45, 2.75) is 83.0 Å². The number of hydrogen-bond donors (Lipinski definition) is 3. The molecule has 5 rings (SSSR count). The van der Waals surface area contributed by atoms with Crippen molar-refractivity contribution in [3.8, 4) is 5.75 Å². The molecule has 0 radical (unpaired) electrons. The van der Waals surface area contributed by atoms with Crippen molar-refractivity contribution in [1.82, 2.24) is 30.0 Å². The van der Waals surface area contributed by atoms with Crippen LogP contribution >= 0.6 is 11.8 Å². The Balaban J connectivity index is 1.31. The van der Waals surface area contributed by atoms with E-state index in [1.54, 1.807) is 45.8 Å². The third-order valence-corrected chi connectivity index (χ3v) is 10.3. The van der Waals surface area contributed by atoms with Gasteiger partial charge in [0.1, 0.15) is 34.3 Å². The van der Waals surface area contributed by atoms with E-state index in [0.29, 0.717) is 55.5 Å². The number of aliphatic hydroxyl groups is 1. The highest BCUT2D eigenvalue weighted by atomic mass is 32.2. The number of anilines is 2. The summed E-state index contributed by atoms with van der Waals surface area (Å²) in [4.78, 5) is 56.1. The quantitative estimate of drug-likeness (QED) is 0.290. The predicted molar refractivity (Wildman–Crippen MR) is 195 cm³/mol. The van der Waals surface area contributed by atoms with Gasteiger partial charge < -0.3 is 39.8 Å². The van der Waals surface area contributed by atoms with Crippen molar-refractivity contribution in [3.05, 3.63) is 41.1 Å². The lowest BCUT2D eigenvalue weighted by Gasteiger charge is -2.39. The van der Waals surface area contributed by atoms with E-state index in [4.69, 9.17) is 19.2 Å². The summed E-state index contributed by atoms with van der Waals surface area (Å²) in [6.45, 7) is 15.6. The molecule has 3 amide bonds. The van der Waals surface area contributed by atoms with Gasteiger partial charge in [0.25, 0.3) is 5.91 Å². The molecule has 0 aliphatic carbocycles. The molecule has 3 N–H and O–H groups in total. The van der Waals surface area contributed by atoms with Crippen LogP contribution in [0, 0.1) is 0 Å². The number of ether oxygens (including phenoxy) is 3. The van der Waals surface area contributed by atoms with Gasteiger partial charge in [0.05, 0.1) is 12.6 Å². The Bertz CT molecular complexity index is 1540. The summed E-state index contributed by atoms with van der Waals surface area (Å²) >= 11 is 1.40. The summed E-state index contributed by atoms with van der Waals surface area (Å²) < 4.78 is 16.4. The summed E-state index contributed by atoms with van der Waals surface area (Å²) in [6, 6.07) is 7.69. The zero-order chi connectivity index (χ0) is 36.9. The molecule has 0 saturated carbocycles. The minimum atomic E-state index is -1.14. The Hall–Kier alpha value is -3.86. The number of carbonyl (C=O) groups is 3. The molecule has 2 aromatic rings. The number of aliphatic hydroxyl groups excluding tert-OH is 1. The van der Waals surface area contributed by atoms with Crippen LogP contribution in [0.15, 0.2) is 24.3 Å². The first-order chi connectivity index (χ1) is 24.2. The number of aromatic nitrogens is 2. The summed E-state index contributed by atoms with van der Waals surface area (Å²) in [5.41, 5.74) is 1.25. The standard InChI is InChI=1S/C35H52N8O7S/c1-22(2)40-10-12-41(13-11-40)33-38-28(15-30(39-33)37-26-18-42(19-26)23(3)44)31(46)36-16-29(45)32-43(34(47)50-35(4,5)6)17-25-14-27(49-21-48-7)9-8-24(25)20-51-32/h8-9,14-15,22,26,29,32,45H,10-13,16-21H2,1-7H3,(H,36,46)(H,37,38,39)/t29-,32+/m1/s1. The van der Waals surface area contributed by atoms with E-state index >= 15 is 0 Å². The number of nitrogens with zero attached hydrogens (tertiary/aromatic N) is 6. The largest absolute Gasteiger partial charge is 0.468 e. The summed E-state index contributed by atoms with van der Waals surface area (Å²) in [5.74, 6) is 1.59. The molecule has 280 valence electrons. The number of likely N-dealkylation sites (tertiary alicyclic amines) is 1. The molecule has 1 aromatic heterocycles. The molecule has 16 heteroatoms. The molecule has 3 aliphatic heterocycles. The number of methoxy groups -OCH3 is 1. The molecule has 4 heterocycles. The fourth-order valence-electron chi connectivity index (χ4n) is 6.08. The van der Waals surface area contributed by atoms with Gasteiger partial charge in [-0.2, -0.15) is 4.98 Å². The first-order valence-electron chi connectivity index (χ1n) is 17.4. The van der Waals surface area contributed by atoms with Crippen molar-refractivity contribution in [2.75, 3.05) is 69.9 Å². The van der Waals surface area contributed by atoms with Gasteiger partial charge >= 0.3 is 6.09 Å². The number of fused-ring (bicyclic) bond motifs is 1. The van der Waals surface area contributed by atoms with Crippen molar-refractivity contribution in [3.63, 3.8) is 0 Å². The van der Waals surface area contributed by atoms with Gasteiger partial charge in [0.2, 0.25) is 11.9 Å². The fourth-order valence-corrected chi connectivity index (χ4v) is 7.37. The number of hydrogen-bond acceptors (Lipinski definition) is 13. The average molecular weight is 729 g/mol. The summed E-state index contributed by atoms with van der Waals surface area (Å²) in [5, 5.41) is 17.0. The lowest BCUT2D eigenvalue weighted by molar-refractivity contribution is -0.132. The predicted octanol–water partition coefficient (Wildman–Crippen LogP) is 2.73. The van der Waals surface area contributed by atoms with Gasteiger partial charge in [-0.05, 0) is 57.9 Å². The number of nitrogens with one attached hydrogen (secondary N) is 2. The van der Waals surface area contributed by atoms with Gasteiger partial charge in [0, 0.05) is 77.7 Å². The molecule has 3 aliphatic rings. The van der Waals surface area contributed by atoms with Crippen LogP contribution in [0.25, 0.3) is 0 Å². The summed E-state index contributed by atoms with van der Waals surface area (Å²) in [7, 11) is 1.54. The normalized spacial score (nSPS) is 19.2. The number of carbonyl (C=O) groups excluding carboxylic acids is 3. The maximum atomic E-state index is 13.7. The second-order valence-electron chi connectivity index (χ2n) is 14.4. The number of amides is 3. The van der Waals surface area contributed by atoms with Crippen LogP contribution < -0.4 is 20.3 Å². The molecule has 1 aromatic carbocycles. The number of rotatable bonds is 11. The van der Waals surface area contributed by atoms with Gasteiger partial charge in [-0.1, -0.05) is 6.07 Å². The first-order valence-corrected chi connectivity index (χ1v) is 18.5. The highest BCUT2D eigenvalue weighted by Gasteiger charge is 2.36. The Labute approximate surface area is 304 Å². The first kappa shape index (κ1) is 38.4. The molecule has 0 unspecified atom stereocenters. The molecule has 2 atom stereocenters. The summed E-state index contributed by atoms with van der Waals surface area (Å²) in [6.07, 6.45) is -1.71. The Kier molecular flexibility index (Phi) is 12.5. The SMILES string of the molecule is COCOc1ccc2c(c1)CN(C(=O)OC(C)(C)C)[C@H]([C@H](O)CNC(=O)c1cc(NC3CN(C(C)=O)C3)nc(N3CCN(C(C)C)CC3)n1)SC2. The van der Waals surface area contributed by atoms with Crippen molar-refractivity contribution >= 4 is 41.4 Å². The lowest BCUT2D eigenvalue weighted by atomic mass is 10.1. The van der Waals surface area contributed by atoms with E-state index in [9.17, 15) is 19.5 Å². The van der Waals surface area contributed by atoms with E-state index in [1.807, 2.05) is 18.2 Å². The third-order valence-electron chi connectivity index (χ3n) is 8.96. The Morgan fingerprint density at radius 1 is 1.06 bits per heavy atom. The van der Waals surface area contributed by atoms with Crippen LogP contribution in [-0.2, 0) is 26.6 Å². The number of thioether (sulfide) groups is 1. The van der Waals surface area contributed by atoms with E-state index < -0.39 is 29.1 Å². The topological polar surface area (TPSA) is 162 Å². The van der Waals surface area contributed by atoms with Gasteiger partial charge in [-0.25, -0.2) is 9.78 Å². The molecule has 0 bridgehead atoms. The monoisotopic (exact) mass is 728 g/mol. The van der Waals surface area contributed by atoms with E-state index in [1.165, 1.54) is 16.7 Å². The zero-order valence-electron chi connectivity index (χ0n) is 30.7. The van der Waals surface area contributed by atoms with Crippen LogP contribution in [-0.4, -0.2) is 137 Å². The smallest absolute Gasteiger partial charge is 0.411 e. The molecule has 0 spiro atoms. The van der Waals surface area contributed by atoms with E-state index in [0.717, 1.165) is 24.2 Å². The average Bonchev–Trinajstić information content (AvgIpc) is 3.26. The van der Waals surface area contributed by atoms with Crippen LogP contribution in [0.1, 0.15) is 63.2 Å². The van der Waals surface area contributed by atoms with Crippen molar-refractivity contribution < 1.29 is 33.7 Å². The van der Waals surface area contributed by atoms with Crippen molar-refractivity contribution in [2.24, 2.45) is 0 Å². The molecular formula is C35H52N8O7S. The maximum Gasteiger partial charge on any atom is 0.411 e. The van der Waals surface area contributed by atoms with Crippen LogP contribution in [0.5, 0.6) is 5.75 Å².